The summed E-state index contributed by atoms with van der Waals surface area (Å²) >= 11 is 3.10. The SMILES string of the molecule is O=C(CN1CCCCCCOc2ccccc2N(CC(=O)NCCc2nccs2)c2cncc(c2)C1=O)NCCc1nccs1. The predicted octanol–water partition coefficient (Wildman–Crippen LogP) is 4.25. The van der Waals surface area contributed by atoms with E-state index < -0.39 is 0 Å². The summed E-state index contributed by atoms with van der Waals surface area (Å²) < 4.78 is 6.20. The molecule has 0 saturated carbocycles. The van der Waals surface area contributed by atoms with Crippen molar-refractivity contribution in [3.8, 4) is 5.75 Å². The highest BCUT2D eigenvalue weighted by molar-refractivity contribution is 7.09. The van der Waals surface area contributed by atoms with Gasteiger partial charge < -0.3 is 25.2 Å². The van der Waals surface area contributed by atoms with Crippen molar-refractivity contribution < 1.29 is 19.1 Å². The number of carbonyl (C=O) groups is 3. The number of thiazole rings is 2. The number of pyridine rings is 1. The van der Waals surface area contributed by atoms with Crippen molar-refractivity contribution in [1.29, 1.82) is 0 Å². The second kappa shape index (κ2) is 16.6. The minimum Gasteiger partial charge on any atom is -0.491 e. The van der Waals surface area contributed by atoms with Gasteiger partial charge in [-0.3, -0.25) is 19.4 Å². The molecule has 0 unspecified atom stereocenters. The number of carbonyl (C=O) groups excluding carboxylic acids is 3. The van der Waals surface area contributed by atoms with E-state index in [2.05, 4.69) is 25.6 Å². The largest absolute Gasteiger partial charge is 0.491 e. The molecule has 2 N–H and O–H groups in total. The van der Waals surface area contributed by atoms with Crippen LogP contribution in [0.15, 0.2) is 65.9 Å². The van der Waals surface area contributed by atoms with Gasteiger partial charge in [0, 0.05) is 61.8 Å². The monoisotopic (exact) mass is 647 g/mol. The van der Waals surface area contributed by atoms with Crippen molar-refractivity contribution in [1.82, 2.24) is 30.5 Å². The Morgan fingerprint density at radius 3 is 2.27 bits per heavy atom. The number of hydrogen-bond donors (Lipinski definition) is 2. The van der Waals surface area contributed by atoms with Crippen LogP contribution in [0.2, 0.25) is 0 Å². The molecule has 0 saturated heterocycles. The fourth-order valence-electron chi connectivity index (χ4n) is 4.98. The van der Waals surface area contributed by atoms with Crippen LogP contribution in [0.25, 0.3) is 0 Å². The van der Waals surface area contributed by atoms with Crippen molar-refractivity contribution in [3.63, 3.8) is 0 Å². The molecule has 2 bridgehead atoms. The highest BCUT2D eigenvalue weighted by Crippen LogP contribution is 2.34. The van der Waals surface area contributed by atoms with Crippen molar-refractivity contribution in [2.45, 2.75) is 38.5 Å². The first-order valence-electron chi connectivity index (χ1n) is 15.1. The Morgan fingerprint density at radius 2 is 1.56 bits per heavy atom. The van der Waals surface area contributed by atoms with E-state index in [4.69, 9.17) is 4.74 Å². The molecule has 13 heteroatoms. The van der Waals surface area contributed by atoms with Gasteiger partial charge in [0.15, 0.2) is 0 Å². The number of anilines is 2. The van der Waals surface area contributed by atoms with Crippen LogP contribution >= 0.6 is 22.7 Å². The third-order valence-electron chi connectivity index (χ3n) is 7.23. The number of aromatic nitrogens is 3. The molecular weight excluding hydrogens is 611 g/mol. The van der Waals surface area contributed by atoms with E-state index in [-0.39, 0.29) is 30.8 Å². The maximum absolute atomic E-state index is 13.8. The summed E-state index contributed by atoms with van der Waals surface area (Å²) in [5.41, 5.74) is 1.60. The maximum atomic E-state index is 13.8. The quantitative estimate of drug-likeness (QED) is 0.262. The Labute approximate surface area is 270 Å². The van der Waals surface area contributed by atoms with E-state index >= 15 is 0 Å². The van der Waals surface area contributed by atoms with Crippen LogP contribution in [-0.2, 0) is 22.4 Å². The van der Waals surface area contributed by atoms with Gasteiger partial charge in [0.2, 0.25) is 11.8 Å². The van der Waals surface area contributed by atoms with E-state index in [1.54, 1.807) is 52.2 Å². The van der Waals surface area contributed by atoms with Crippen LogP contribution in [0.3, 0.4) is 0 Å². The molecule has 5 rings (SSSR count). The second-order valence-electron chi connectivity index (χ2n) is 10.5. The molecular formula is C32H37N7O4S2. The standard InChI is InChI=1S/C32H37N7O4S2/c40-28(34-11-9-30-36-13-17-44-30)22-38-15-5-1-2-6-16-43-27-8-4-3-7-26(27)39(25-19-24(32(38)42)20-33-21-25)23-29(41)35-12-10-31-37-14-18-45-31/h3-4,7-8,13-14,17-21H,1-2,5-6,9-12,15-16,22-23H2,(H,34,40)(H,35,41). The molecule has 236 valence electrons. The molecule has 4 heterocycles. The number of hydrogen-bond acceptors (Lipinski definition) is 10. The summed E-state index contributed by atoms with van der Waals surface area (Å²) in [5, 5.41) is 11.6. The van der Waals surface area contributed by atoms with Gasteiger partial charge in [-0.25, -0.2) is 9.97 Å². The van der Waals surface area contributed by atoms with Crippen LogP contribution in [0.4, 0.5) is 11.4 Å². The molecule has 1 aliphatic rings. The number of fused-ring (bicyclic) bond motifs is 3. The summed E-state index contributed by atoms with van der Waals surface area (Å²) in [6.07, 6.45) is 11.3. The van der Waals surface area contributed by atoms with Gasteiger partial charge in [0.1, 0.15) is 12.3 Å². The number of rotatable bonds is 10. The maximum Gasteiger partial charge on any atom is 0.255 e. The molecule has 3 amide bonds. The third-order valence-corrected chi connectivity index (χ3v) is 8.91. The Morgan fingerprint density at radius 1 is 0.867 bits per heavy atom. The molecule has 0 fully saturated rings. The first-order valence-corrected chi connectivity index (χ1v) is 16.9. The first-order chi connectivity index (χ1) is 22.1. The van der Waals surface area contributed by atoms with Crippen LogP contribution in [0.1, 0.15) is 46.1 Å². The van der Waals surface area contributed by atoms with Crippen LogP contribution < -0.4 is 20.3 Å². The summed E-state index contributed by atoms with van der Waals surface area (Å²) in [5.74, 6) is -0.0465. The molecule has 0 aliphatic carbocycles. The molecule has 0 spiro atoms. The Kier molecular flexibility index (Phi) is 11.8. The van der Waals surface area contributed by atoms with E-state index in [0.29, 0.717) is 61.8 Å². The number of ether oxygens (including phenoxy) is 1. The van der Waals surface area contributed by atoms with Gasteiger partial charge in [-0.05, 0) is 31.0 Å². The predicted molar refractivity (Wildman–Crippen MR) is 175 cm³/mol. The lowest BCUT2D eigenvalue weighted by molar-refractivity contribution is -0.122. The lowest BCUT2D eigenvalue weighted by Gasteiger charge is -2.27. The summed E-state index contributed by atoms with van der Waals surface area (Å²) in [6, 6.07) is 9.30. The molecule has 45 heavy (non-hydrogen) atoms. The number of amides is 3. The number of nitrogens with zero attached hydrogens (tertiary/aromatic N) is 5. The summed E-state index contributed by atoms with van der Waals surface area (Å²) in [7, 11) is 0. The molecule has 0 radical (unpaired) electrons. The zero-order chi connectivity index (χ0) is 31.3. The van der Waals surface area contributed by atoms with Crippen molar-refractivity contribution in [3.05, 3.63) is 81.5 Å². The van der Waals surface area contributed by atoms with E-state index in [1.807, 2.05) is 39.9 Å². The Bertz CT molecular complexity index is 1530. The fourth-order valence-corrected chi connectivity index (χ4v) is 6.23. The topological polar surface area (TPSA) is 130 Å². The van der Waals surface area contributed by atoms with Crippen LogP contribution in [-0.4, -0.2) is 76.9 Å². The minimum atomic E-state index is -0.285. The Balaban J connectivity index is 1.35. The minimum absolute atomic E-state index is 0.0111. The average Bonchev–Trinajstić information content (AvgIpc) is 3.77. The fraction of sp³-hybridized carbons (Fsp3) is 0.375. The molecule has 1 aliphatic heterocycles. The number of benzene rings is 1. The molecule has 0 atom stereocenters. The summed E-state index contributed by atoms with van der Waals surface area (Å²) in [4.78, 5) is 56.3. The highest BCUT2D eigenvalue weighted by atomic mass is 32.1. The van der Waals surface area contributed by atoms with Crippen LogP contribution in [0.5, 0.6) is 5.75 Å². The summed E-state index contributed by atoms with van der Waals surface area (Å²) in [6.45, 7) is 1.80. The van der Waals surface area contributed by atoms with E-state index in [9.17, 15) is 14.4 Å². The van der Waals surface area contributed by atoms with Crippen molar-refractivity contribution >= 4 is 51.8 Å². The zero-order valence-electron chi connectivity index (χ0n) is 25.0. The van der Waals surface area contributed by atoms with E-state index in [0.717, 1.165) is 35.7 Å². The molecule has 3 aromatic heterocycles. The smallest absolute Gasteiger partial charge is 0.255 e. The van der Waals surface area contributed by atoms with Gasteiger partial charge in [0.25, 0.3) is 5.91 Å². The lowest BCUT2D eigenvalue weighted by atomic mass is 10.1. The van der Waals surface area contributed by atoms with Gasteiger partial charge in [-0.2, -0.15) is 0 Å². The zero-order valence-corrected chi connectivity index (χ0v) is 26.7. The molecule has 4 aromatic rings. The normalized spacial score (nSPS) is 14.1. The Hall–Kier alpha value is -4.36. The van der Waals surface area contributed by atoms with Crippen molar-refractivity contribution in [2.75, 3.05) is 44.2 Å². The molecule has 11 nitrogen and oxygen atoms in total. The lowest BCUT2D eigenvalue weighted by Crippen LogP contribution is -2.42. The molecule has 1 aromatic carbocycles. The van der Waals surface area contributed by atoms with Gasteiger partial charge >= 0.3 is 0 Å². The van der Waals surface area contributed by atoms with Crippen LogP contribution in [0, 0.1) is 0 Å². The van der Waals surface area contributed by atoms with Crippen molar-refractivity contribution in [2.24, 2.45) is 0 Å². The van der Waals surface area contributed by atoms with Gasteiger partial charge in [-0.1, -0.05) is 25.0 Å². The average molecular weight is 648 g/mol. The first kappa shape index (κ1) is 32.0. The second-order valence-corrected chi connectivity index (χ2v) is 12.5. The van der Waals surface area contributed by atoms with Gasteiger partial charge in [0.05, 0.1) is 46.3 Å². The number of para-hydroxylation sites is 2. The number of nitrogens with one attached hydrogen (secondary N) is 2. The highest BCUT2D eigenvalue weighted by Gasteiger charge is 2.23. The van der Waals surface area contributed by atoms with E-state index in [1.165, 1.54) is 6.20 Å². The van der Waals surface area contributed by atoms with Gasteiger partial charge in [-0.15, -0.1) is 22.7 Å². The third kappa shape index (κ3) is 9.56.